The molecule has 1 saturated heterocycles. The molecule has 2 heterocycles. The van der Waals surface area contributed by atoms with Gasteiger partial charge in [-0.2, -0.15) is 4.31 Å². The average Bonchev–Trinajstić information content (AvgIpc) is 2.86. The average molecular weight is 331 g/mol. The molecule has 1 aromatic rings. The van der Waals surface area contributed by atoms with Crippen molar-refractivity contribution in [1.29, 1.82) is 0 Å². The molecule has 1 aliphatic rings. The number of thiophene rings is 1. The van der Waals surface area contributed by atoms with Gasteiger partial charge in [0.25, 0.3) is 10.0 Å². The summed E-state index contributed by atoms with van der Waals surface area (Å²) in [4.78, 5) is 12.3. The third kappa shape index (κ3) is 3.14. The highest BCUT2D eigenvalue weighted by Crippen LogP contribution is 2.36. The van der Waals surface area contributed by atoms with Crippen LogP contribution in [0.1, 0.15) is 31.6 Å². The Labute approximate surface area is 129 Å². The summed E-state index contributed by atoms with van der Waals surface area (Å²) in [5.74, 6) is -1.04. The quantitative estimate of drug-likeness (QED) is 0.920. The van der Waals surface area contributed by atoms with Crippen LogP contribution in [0.25, 0.3) is 0 Å². The van der Waals surface area contributed by atoms with E-state index in [0.29, 0.717) is 17.2 Å². The van der Waals surface area contributed by atoms with Gasteiger partial charge in [-0.15, -0.1) is 11.3 Å². The zero-order valence-electron chi connectivity index (χ0n) is 12.5. The fraction of sp³-hybridized carbons (Fsp3) is 0.643. The zero-order valence-corrected chi connectivity index (χ0v) is 14.1. The van der Waals surface area contributed by atoms with Crippen molar-refractivity contribution in [3.8, 4) is 0 Å². The van der Waals surface area contributed by atoms with Crippen molar-refractivity contribution in [3.05, 3.63) is 17.0 Å². The Bertz CT molecular complexity index is 633. The number of sulfonamides is 1. The summed E-state index contributed by atoms with van der Waals surface area (Å²) in [6.45, 7) is 5.96. The van der Waals surface area contributed by atoms with Crippen molar-refractivity contribution in [3.63, 3.8) is 0 Å². The summed E-state index contributed by atoms with van der Waals surface area (Å²) in [6.07, 6.45) is 1.44. The maximum Gasteiger partial charge on any atom is 0.309 e. The van der Waals surface area contributed by atoms with E-state index in [0.717, 1.165) is 11.3 Å². The maximum atomic E-state index is 12.6. The van der Waals surface area contributed by atoms with Gasteiger partial charge in [0.05, 0.1) is 5.41 Å². The molecule has 1 fully saturated rings. The number of piperidine rings is 1. The smallest absolute Gasteiger partial charge is 0.309 e. The number of aliphatic carboxylic acids is 1. The molecule has 118 valence electrons. The topological polar surface area (TPSA) is 74.7 Å². The van der Waals surface area contributed by atoms with Crippen molar-refractivity contribution in [1.82, 2.24) is 4.31 Å². The minimum absolute atomic E-state index is 0.167. The van der Waals surface area contributed by atoms with Gasteiger partial charge in [0.1, 0.15) is 4.21 Å². The van der Waals surface area contributed by atoms with Crippen molar-refractivity contribution in [2.45, 2.75) is 37.8 Å². The first-order valence-corrected chi connectivity index (χ1v) is 9.21. The number of rotatable bonds is 4. The standard InChI is InChI=1S/C14H21NO4S2/c1-10-6-7-12(20-10)21(18,19)15-8-4-5-11(9-15)14(2,3)13(16)17/h6-7,11H,4-5,8-9H2,1-3H3,(H,16,17). The molecule has 0 spiro atoms. The van der Waals surface area contributed by atoms with Crippen LogP contribution in [0.5, 0.6) is 0 Å². The zero-order chi connectivity index (χ0) is 15.8. The Morgan fingerprint density at radius 3 is 2.62 bits per heavy atom. The van der Waals surface area contributed by atoms with E-state index in [9.17, 15) is 18.3 Å². The van der Waals surface area contributed by atoms with Crippen LogP contribution in [-0.2, 0) is 14.8 Å². The van der Waals surface area contributed by atoms with Gasteiger partial charge in [-0.25, -0.2) is 8.42 Å². The molecule has 1 aliphatic heterocycles. The van der Waals surface area contributed by atoms with Crippen molar-refractivity contribution >= 4 is 27.3 Å². The van der Waals surface area contributed by atoms with Gasteiger partial charge in [-0.3, -0.25) is 4.79 Å². The number of hydrogen-bond donors (Lipinski definition) is 1. The third-order valence-electron chi connectivity index (χ3n) is 4.27. The van der Waals surface area contributed by atoms with Gasteiger partial charge in [0.2, 0.25) is 0 Å². The molecule has 2 rings (SSSR count). The van der Waals surface area contributed by atoms with Crippen LogP contribution < -0.4 is 0 Å². The summed E-state index contributed by atoms with van der Waals surface area (Å²) in [6, 6.07) is 3.42. The van der Waals surface area contributed by atoms with Gasteiger partial charge < -0.3 is 5.11 Å². The SMILES string of the molecule is Cc1ccc(S(=O)(=O)N2CCCC(C(C)(C)C(=O)O)C2)s1. The molecule has 0 radical (unpaired) electrons. The lowest BCUT2D eigenvalue weighted by molar-refractivity contribution is -0.151. The number of carboxylic acids is 1. The molecule has 1 unspecified atom stereocenters. The Balaban J connectivity index is 2.24. The third-order valence-corrected chi connectivity index (χ3v) is 7.60. The minimum atomic E-state index is -3.50. The summed E-state index contributed by atoms with van der Waals surface area (Å²) >= 11 is 1.26. The molecular formula is C14H21NO4S2. The van der Waals surface area contributed by atoms with Crippen molar-refractivity contribution in [2.75, 3.05) is 13.1 Å². The van der Waals surface area contributed by atoms with Crippen LogP contribution in [0.15, 0.2) is 16.3 Å². The number of carbonyl (C=O) groups is 1. The molecule has 1 aromatic heterocycles. The lowest BCUT2D eigenvalue weighted by Gasteiger charge is -2.38. The molecule has 1 N–H and O–H groups in total. The van der Waals surface area contributed by atoms with Crippen LogP contribution in [-0.4, -0.2) is 36.9 Å². The second kappa shape index (κ2) is 5.70. The molecule has 7 heteroatoms. The lowest BCUT2D eigenvalue weighted by Crippen LogP contribution is -2.46. The molecule has 21 heavy (non-hydrogen) atoms. The monoisotopic (exact) mass is 331 g/mol. The first-order valence-electron chi connectivity index (χ1n) is 6.95. The van der Waals surface area contributed by atoms with E-state index < -0.39 is 21.4 Å². The van der Waals surface area contributed by atoms with Crippen LogP contribution in [0, 0.1) is 18.3 Å². The summed E-state index contributed by atoms with van der Waals surface area (Å²) in [5.41, 5.74) is -0.917. The van der Waals surface area contributed by atoms with E-state index in [2.05, 4.69) is 0 Å². The Morgan fingerprint density at radius 1 is 1.43 bits per heavy atom. The summed E-state index contributed by atoms with van der Waals surface area (Å²) < 4.78 is 27.0. The Kier molecular flexibility index (Phi) is 4.46. The first kappa shape index (κ1) is 16.5. The molecule has 0 saturated carbocycles. The Morgan fingerprint density at radius 2 is 2.10 bits per heavy atom. The minimum Gasteiger partial charge on any atom is -0.481 e. The number of hydrogen-bond acceptors (Lipinski definition) is 4. The van der Waals surface area contributed by atoms with Crippen LogP contribution >= 0.6 is 11.3 Å². The predicted octanol–water partition coefficient (Wildman–Crippen LogP) is 2.57. The van der Waals surface area contributed by atoms with Crippen molar-refractivity contribution < 1.29 is 18.3 Å². The van der Waals surface area contributed by atoms with Gasteiger partial charge in [0, 0.05) is 18.0 Å². The lowest BCUT2D eigenvalue weighted by atomic mass is 9.75. The van der Waals surface area contributed by atoms with E-state index in [-0.39, 0.29) is 12.5 Å². The van der Waals surface area contributed by atoms with Crippen molar-refractivity contribution in [2.24, 2.45) is 11.3 Å². The molecule has 0 bridgehead atoms. The second-order valence-corrected chi connectivity index (χ2v) is 9.55. The first-order chi connectivity index (χ1) is 9.65. The molecule has 5 nitrogen and oxygen atoms in total. The molecule has 1 atom stereocenters. The normalized spacial score (nSPS) is 21.4. The fourth-order valence-electron chi connectivity index (χ4n) is 2.60. The fourth-order valence-corrected chi connectivity index (χ4v) is 5.56. The summed E-state index contributed by atoms with van der Waals surface area (Å²) in [7, 11) is -3.50. The van der Waals surface area contributed by atoms with Gasteiger partial charge in [0.15, 0.2) is 0 Å². The molecule has 0 amide bonds. The van der Waals surface area contributed by atoms with E-state index >= 15 is 0 Å². The largest absolute Gasteiger partial charge is 0.481 e. The maximum absolute atomic E-state index is 12.6. The number of aryl methyl sites for hydroxylation is 1. The van der Waals surface area contributed by atoms with Gasteiger partial charge in [-0.1, -0.05) is 0 Å². The molecule has 0 aromatic carbocycles. The predicted molar refractivity (Wildman–Crippen MR) is 82.0 cm³/mol. The van der Waals surface area contributed by atoms with E-state index in [1.165, 1.54) is 15.6 Å². The van der Waals surface area contributed by atoms with Crippen LogP contribution in [0.3, 0.4) is 0 Å². The van der Waals surface area contributed by atoms with Crippen LogP contribution in [0.2, 0.25) is 0 Å². The van der Waals surface area contributed by atoms with E-state index in [1.807, 2.05) is 6.92 Å². The Hall–Kier alpha value is -0.920. The van der Waals surface area contributed by atoms with Crippen LogP contribution in [0.4, 0.5) is 0 Å². The van der Waals surface area contributed by atoms with Gasteiger partial charge in [-0.05, 0) is 51.7 Å². The second-order valence-electron chi connectivity index (χ2n) is 6.09. The number of carboxylic acid groups (broad SMARTS) is 1. The molecular weight excluding hydrogens is 310 g/mol. The summed E-state index contributed by atoms with van der Waals surface area (Å²) in [5, 5.41) is 9.34. The van der Waals surface area contributed by atoms with Gasteiger partial charge >= 0.3 is 5.97 Å². The van der Waals surface area contributed by atoms with E-state index in [1.54, 1.807) is 26.0 Å². The highest BCUT2D eigenvalue weighted by Gasteiger charge is 2.41. The highest BCUT2D eigenvalue weighted by atomic mass is 32.2. The number of nitrogens with zero attached hydrogens (tertiary/aromatic N) is 1. The highest BCUT2D eigenvalue weighted by molar-refractivity contribution is 7.91. The van der Waals surface area contributed by atoms with E-state index in [4.69, 9.17) is 0 Å². The molecule has 0 aliphatic carbocycles.